The molecule has 7 heteroatoms. The van der Waals surface area contributed by atoms with Gasteiger partial charge in [0, 0.05) is 13.6 Å². The van der Waals surface area contributed by atoms with Crippen LogP contribution >= 0.6 is 11.3 Å². The Kier molecular flexibility index (Phi) is 3.77. The predicted molar refractivity (Wildman–Crippen MR) is 70.1 cm³/mol. The van der Waals surface area contributed by atoms with Gasteiger partial charge in [-0.25, -0.2) is 13.4 Å². The molecule has 0 atom stereocenters. The Bertz CT molecular complexity index is 518. The average molecular weight is 290 g/mol. The molecule has 2 rings (SSSR count). The molecule has 1 aromatic rings. The summed E-state index contributed by atoms with van der Waals surface area (Å²) in [7, 11) is -2.00. The van der Waals surface area contributed by atoms with Gasteiger partial charge in [-0.1, -0.05) is 12.8 Å². The van der Waals surface area contributed by atoms with Crippen LogP contribution in [0, 0.1) is 6.92 Å². The SMILES string of the molecule is Cc1ncc(S(=O)(=O)N(C)CC2(O)CCCC2)s1. The van der Waals surface area contributed by atoms with Gasteiger partial charge in [0.15, 0.2) is 4.21 Å². The van der Waals surface area contributed by atoms with Crippen LogP contribution in [-0.4, -0.2) is 42.0 Å². The van der Waals surface area contributed by atoms with E-state index in [1.165, 1.54) is 17.5 Å². The predicted octanol–water partition coefficient (Wildman–Crippen LogP) is 1.38. The fourth-order valence-corrected chi connectivity index (χ4v) is 4.88. The third-order valence-corrected chi connectivity index (χ3v) is 6.47. The second kappa shape index (κ2) is 4.88. The number of rotatable bonds is 4. The zero-order valence-corrected chi connectivity index (χ0v) is 12.2. The minimum Gasteiger partial charge on any atom is -0.389 e. The Morgan fingerprint density at radius 2 is 2.11 bits per heavy atom. The maximum Gasteiger partial charge on any atom is 0.254 e. The van der Waals surface area contributed by atoms with Crippen LogP contribution in [0.1, 0.15) is 30.7 Å². The van der Waals surface area contributed by atoms with Crippen molar-refractivity contribution in [2.24, 2.45) is 0 Å². The lowest BCUT2D eigenvalue weighted by atomic mass is 10.0. The molecule has 1 heterocycles. The standard InChI is InChI=1S/C11H18N2O3S2/c1-9-12-7-10(17-9)18(15,16)13(2)8-11(14)5-3-4-6-11/h7,14H,3-6,8H2,1-2H3. The van der Waals surface area contributed by atoms with Gasteiger partial charge in [0.05, 0.1) is 16.8 Å². The van der Waals surface area contributed by atoms with Gasteiger partial charge in [-0.2, -0.15) is 4.31 Å². The molecule has 0 aromatic carbocycles. The van der Waals surface area contributed by atoms with Crippen molar-refractivity contribution in [3.63, 3.8) is 0 Å². The minimum atomic E-state index is -3.51. The molecule has 0 radical (unpaired) electrons. The Hall–Kier alpha value is -0.500. The molecular formula is C11H18N2O3S2. The summed E-state index contributed by atoms with van der Waals surface area (Å²) in [5, 5.41) is 11.0. The van der Waals surface area contributed by atoms with Crippen LogP contribution in [0.2, 0.25) is 0 Å². The van der Waals surface area contributed by atoms with Crippen molar-refractivity contribution >= 4 is 21.4 Å². The molecule has 5 nitrogen and oxygen atoms in total. The van der Waals surface area contributed by atoms with E-state index in [-0.39, 0.29) is 10.8 Å². The third kappa shape index (κ3) is 2.74. The molecule has 102 valence electrons. The minimum absolute atomic E-state index is 0.159. The van der Waals surface area contributed by atoms with E-state index < -0.39 is 15.6 Å². The maximum absolute atomic E-state index is 12.3. The number of aliphatic hydroxyl groups is 1. The van der Waals surface area contributed by atoms with E-state index in [1.807, 2.05) is 0 Å². The van der Waals surface area contributed by atoms with Crippen LogP contribution in [0.5, 0.6) is 0 Å². The highest BCUT2D eigenvalue weighted by molar-refractivity contribution is 7.91. The second-order valence-electron chi connectivity index (χ2n) is 4.89. The molecule has 1 aliphatic rings. The van der Waals surface area contributed by atoms with Crippen molar-refractivity contribution < 1.29 is 13.5 Å². The van der Waals surface area contributed by atoms with E-state index >= 15 is 0 Å². The first-order valence-electron chi connectivity index (χ1n) is 5.95. The Labute approximate surface area is 112 Å². The molecular weight excluding hydrogens is 272 g/mol. The highest BCUT2D eigenvalue weighted by Gasteiger charge is 2.36. The van der Waals surface area contributed by atoms with Crippen molar-refractivity contribution in [3.05, 3.63) is 11.2 Å². The second-order valence-corrected chi connectivity index (χ2v) is 8.40. The number of hydrogen-bond donors (Lipinski definition) is 1. The van der Waals surface area contributed by atoms with Crippen LogP contribution in [-0.2, 0) is 10.0 Å². The first kappa shape index (κ1) is 13.9. The largest absolute Gasteiger partial charge is 0.389 e. The quantitative estimate of drug-likeness (QED) is 0.909. The summed E-state index contributed by atoms with van der Waals surface area (Å²) in [4.78, 5) is 3.96. The topological polar surface area (TPSA) is 70.5 Å². The fourth-order valence-electron chi connectivity index (χ4n) is 2.31. The molecule has 0 bridgehead atoms. The Morgan fingerprint density at radius 1 is 1.50 bits per heavy atom. The number of hydrogen-bond acceptors (Lipinski definition) is 5. The van der Waals surface area contributed by atoms with E-state index in [1.54, 1.807) is 6.92 Å². The van der Waals surface area contributed by atoms with Crippen molar-refractivity contribution in [2.45, 2.75) is 42.4 Å². The molecule has 0 amide bonds. The van der Waals surface area contributed by atoms with Gasteiger partial charge in [0.25, 0.3) is 10.0 Å². The summed E-state index contributed by atoms with van der Waals surface area (Å²) in [5.74, 6) is 0. The highest BCUT2D eigenvalue weighted by atomic mass is 32.2. The normalized spacial score (nSPS) is 19.6. The van der Waals surface area contributed by atoms with Crippen molar-refractivity contribution in [1.82, 2.24) is 9.29 Å². The van der Waals surface area contributed by atoms with E-state index in [9.17, 15) is 13.5 Å². The number of thiazole rings is 1. The summed E-state index contributed by atoms with van der Waals surface area (Å²) in [5.41, 5.74) is -0.860. The summed E-state index contributed by atoms with van der Waals surface area (Å²) in [6.45, 7) is 1.93. The third-order valence-electron chi connectivity index (χ3n) is 3.32. The Balaban J connectivity index is 2.15. The monoisotopic (exact) mass is 290 g/mol. The summed E-state index contributed by atoms with van der Waals surface area (Å²) in [6.07, 6.45) is 4.65. The van der Waals surface area contributed by atoms with Gasteiger partial charge >= 0.3 is 0 Å². The van der Waals surface area contributed by atoms with Crippen LogP contribution in [0.25, 0.3) is 0 Å². The highest BCUT2D eigenvalue weighted by Crippen LogP contribution is 2.31. The van der Waals surface area contributed by atoms with E-state index in [0.29, 0.717) is 12.8 Å². The van der Waals surface area contributed by atoms with Gasteiger partial charge in [0.2, 0.25) is 0 Å². The van der Waals surface area contributed by atoms with Crippen molar-refractivity contribution in [1.29, 1.82) is 0 Å². The first-order chi connectivity index (χ1) is 8.33. The smallest absolute Gasteiger partial charge is 0.254 e. The van der Waals surface area contributed by atoms with E-state index in [2.05, 4.69) is 4.98 Å². The summed E-state index contributed by atoms with van der Waals surface area (Å²) >= 11 is 1.16. The number of aryl methyl sites for hydroxylation is 1. The number of aromatic nitrogens is 1. The lowest BCUT2D eigenvalue weighted by Gasteiger charge is -2.27. The fraction of sp³-hybridized carbons (Fsp3) is 0.727. The molecule has 0 spiro atoms. The molecule has 1 fully saturated rings. The van der Waals surface area contributed by atoms with Crippen LogP contribution in [0.3, 0.4) is 0 Å². The van der Waals surface area contributed by atoms with Crippen molar-refractivity contribution in [3.8, 4) is 0 Å². The number of nitrogens with zero attached hydrogens (tertiary/aromatic N) is 2. The van der Waals surface area contributed by atoms with E-state index in [0.717, 1.165) is 29.2 Å². The lowest BCUT2D eigenvalue weighted by Crippen LogP contribution is -2.41. The zero-order chi connectivity index (χ0) is 13.4. The molecule has 1 aromatic heterocycles. The molecule has 0 aliphatic heterocycles. The number of likely N-dealkylation sites (N-methyl/N-ethyl adjacent to an activating group) is 1. The first-order valence-corrected chi connectivity index (χ1v) is 8.20. The van der Waals surface area contributed by atoms with Gasteiger partial charge in [-0.05, 0) is 19.8 Å². The van der Waals surface area contributed by atoms with Crippen LogP contribution in [0.15, 0.2) is 10.4 Å². The van der Waals surface area contributed by atoms with Gasteiger partial charge < -0.3 is 5.11 Å². The Morgan fingerprint density at radius 3 is 2.61 bits per heavy atom. The molecule has 1 aliphatic carbocycles. The number of sulfonamides is 1. The van der Waals surface area contributed by atoms with E-state index in [4.69, 9.17) is 0 Å². The summed E-state index contributed by atoms with van der Waals surface area (Å²) < 4.78 is 26.0. The van der Waals surface area contributed by atoms with Crippen LogP contribution in [0.4, 0.5) is 0 Å². The molecule has 0 saturated heterocycles. The van der Waals surface area contributed by atoms with Crippen molar-refractivity contribution in [2.75, 3.05) is 13.6 Å². The maximum atomic E-state index is 12.3. The van der Waals surface area contributed by atoms with Gasteiger partial charge in [-0.15, -0.1) is 11.3 Å². The lowest BCUT2D eigenvalue weighted by molar-refractivity contribution is 0.0334. The molecule has 18 heavy (non-hydrogen) atoms. The van der Waals surface area contributed by atoms with Gasteiger partial charge in [-0.3, -0.25) is 0 Å². The van der Waals surface area contributed by atoms with Gasteiger partial charge in [0.1, 0.15) is 0 Å². The zero-order valence-electron chi connectivity index (χ0n) is 10.6. The summed E-state index contributed by atoms with van der Waals surface area (Å²) in [6, 6.07) is 0. The van der Waals surface area contributed by atoms with Crippen LogP contribution < -0.4 is 0 Å². The molecule has 1 N–H and O–H groups in total. The molecule has 0 unspecified atom stereocenters. The average Bonchev–Trinajstić information content (AvgIpc) is 2.87. The molecule has 1 saturated carbocycles.